The van der Waals surface area contributed by atoms with Gasteiger partial charge < -0.3 is 14.8 Å². The number of nitrogens with zero attached hydrogens (tertiary/aromatic N) is 3. The summed E-state index contributed by atoms with van der Waals surface area (Å²) in [7, 11) is 3.32. The van der Waals surface area contributed by atoms with Crippen LogP contribution < -0.4 is 14.8 Å². The maximum absolute atomic E-state index is 5.47. The summed E-state index contributed by atoms with van der Waals surface area (Å²) in [5, 5.41) is 7.77. The van der Waals surface area contributed by atoms with Gasteiger partial charge in [0.1, 0.15) is 17.0 Å². The van der Waals surface area contributed by atoms with Gasteiger partial charge in [-0.2, -0.15) is 0 Å². The summed E-state index contributed by atoms with van der Waals surface area (Å²) in [5.74, 6) is 1.53. The number of rotatable bonds is 4. The summed E-state index contributed by atoms with van der Waals surface area (Å²) in [4.78, 5) is 11.8. The van der Waals surface area contributed by atoms with Crippen molar-refractivity contribution in [3.8, 4) is 11.5 Å². The lowest BCUT2D eigenvalue weighted by molar-refractivity contribution is 0.405. The van der Waals surface area contributed by atoms with Crippen LogP contribution in [0.2, 0.25) is 0 Å². The molecule has 2 atom stereocenters. The number of benzene rings is 1. The highest BCUT2D eigenvalue weighted by Crippen LogP contribution is 2.60. The first-order chi connectivity index (χ1) is 13.1. The summed E-state index contributed by atoms with van der Waals surface area (Å²) in [5.41, 5.74) is 6.08. The Bertz CT molecular complexity index is 993. The minimum atomic E-state index is -0.225. The molecule has 6 nitrogen and oxygen atoms in total. The van der Waals surface area contributed by atoms with Crippen molar-refractivity contribution in [1.29, 1.82) is 0 Å². The number of thioether (sulfide) groups is 2. The molecular formula is C19H18N4O2S2. The van der Waals surface area contributed by atoms with E-state index < -0.39 is 0 Å². The molecule has 0 saturated heterocycles. The van der Waals surface area contributed by atoms with E-state index in [2.05, 4.69) is 32.5 Å². The molecule has 1 aromatic carbocycles. The lowest BCUT2D eigenvalue weighted by Gasteiger charge is -2.25. The average Bonchev–Trinajstić information content (AvgIpc) is 3.02. The van der Waals surface area contributed by atoms with Crippen LogP contribution >= 0.6 is 23.5 Å². The molecule has 1 fully saturated rings. The first-order valence-electron chi connectivity index (χ1n) is 8.58. The fourth-order valence-electron chi connectivity index (χ4n) is 3.45. The van der Waals surface area contributed by atoms with Crippen LogP contribution in [0.5, 0.6) is 11.5 Å². The SMILES string of the molecule is COc1ccc(OC)c(NC2=NC3(C4=C=C(C)N=C5SC=CN45)CC3S2)c1. The Morgan fingerprint density at radius 2 is 2.22 bits per heavy atom. The van der Waals surface area contributed by atoms with E-state index in [0.29, 0.717) is 5.25 Å². The fraction of sp³-hybridized carbons (Fsp3) is 0.316. The third kappa shape index (κ3) is 2.67. The minimum Gasteiger partial charge on any atom is -0.497 e. The zero-order valence-electron chi connectivity index (χ0n) is 15.1. The van der Waals surface area contributed by atoms with Gasteiger partial charge >= 0.3 is 0 Å². The first-order valence-corrected chi connectivity index (χ1v) is 10.3. The monoisotopic (exact) mass is 398 g/mol. The quantitative estimate of drug-likeness (QED) is 0.774. The van der Waals surface area contributed by atoms with Crippen molar-refractivity contribution < 1.29 is 9.47 Å². The van der Waals surface area contributed by atoms with E-state index in [1.165, 1.54) is 0 Å². The van der Waals surface area contributed by atoms with Crippen LogP contribution in [-0.2, 0) is 0 Å². The molecule has 0 radical (unpaired) electrons. The van der Waals surface area contributed by atoms with Gasteiger partial charge in [0.2, 0.25) is 0 Å². The van der Waals surface area contributed by atoms with Crippen LogP contribution in [0.1, 0.15) is 13.3 Å². The van der Waals surface area contributed by atoms with Crippen LogP contribution in [0, 0.1) is 0 Å². The largest absolute Gasteiger partial charge is 0.497 e. The van der Waals surface area contributed by atoms with Crippen LogP contribution in [0.15, 0.2) is 56.9 Å². The Hall–Kier alpha value is -2.28. The first kappa shape index (κ1) is 16.9. The molecule has 0 aromatic heterocycles. The number of amidine groups is 2. The van der Waals surface area contributed by atoms with E-state index in [0.717, 1.165) is 45.3 Å². The second-order valence-electron chi connectivity index (χ2n) is 6.57. The number of aliphatic imine (C=N–C) groups is 2. The topological polar surface area (TPSA) is 58.5 Å². The number of methoxy groups -OCH3 is 2. The maximum atomic E-state index is 5.47. The summed E-state index contributed by atoms with van der Waals surface area (Å²) in [6, 6.07) is 5.70. The Kier molecular flexibility index (Phi) is 3.82. The van der Waals surface area contributed by atoms with Crippen LogP contribution in [0.4, 0.5) is 5.69 Å². The third-order valence-electron chi connectivity index (χ3n) is 4.88. The predicted octanol–water partition coefficient (Wildman–Crippen LogP) is 4.01. The summed E-state index contributed by atoms with van der Waals surface area (Å²) < 4.78 is 10.8. The molecule has 0 amide bonds. The zero-order valence-corrected chi connectivity index (χ0v) is 16.8. The van der Waals surface area contributed by atoms with E-state index in [4.69, 9.17) is 14.5 Å². The van der Waals surface area contributed by atoms with E-state index in [-0.39, 0.29) is 5.54 Å². The molecule has 5 rings (SSSR count). The number of nitrogens with one attached hydrogen (secondary N) is 1. The Morgan fingerprint density at radius 3 is 3.04 bits per heavy atom. The molecule has 3 heterocycles. The highest BCUT2D eigenvalue weighted by Gasteiger charge is 2.64. The molecule has 1 aromatic rings. The van der Waals surface area contributed by atoms with Gasteiger partial charge in [0.05, 0.1) is 31.3 Å². The van der Waals surface area contributed by atoms with E-state index in [9.17, 15) is 0 Å². The van der Waals surface area contributed by atoms with Crippen molar-refractivity contribution in [3.63, 3.8) is 0 Å². The summed E-state index contributed by atoms with van der Waals surface area (Å²) >= 11 is 3.40. The van der Waals surface area contributed by atoms with Crippen molar-refractivity contribution in [2.75, 3.05) is 19.5 Å². The third-order valence-corrected chi connectivity index (χ3v) is 6.89. The lowest BCUT2D eigenvalue weighted by atomic mass is 10.1. The van der Waals surface area contributed by atoms with Gasteiger partial charge in [-0.1, -0.05) is 29.3 Å². The molecule has 3 aliphatic heterocycles. The molecule has 8 heteroatoms. The van der Waals surface area contributed by atoms with Crippen LogP contribution in [0.25, 0.3) is 0 Å². The number of ether oxygens (including phenoxy) is 2. The molecule has 1 aliphatic carbocycles. The maximum Gasteiger partial charge on any atom is 0.178 e. The van der Waals surface area contributed by atoms with Gasteiger partial charge in [-0.05, 0) is 30.9 Å². The number of fused-ring (bicyclic) bond motifs is 2. The number of hydrogen-bond donors (Lipinski definition) is 1. The van der Waals surface area contributed by atoms with Crippen LogP contribution in [0.3, 0.4) is 0 Å². The molecule has 27 heavy (non-hydrogen) atoms. The minimum absolute atomic E-state index is 0.225. The van der Waals surface area contributed by atoms with Gasteiger partial charge in [0, 0.05) is 17.5 Å². The zero-order chi connectivity index (χ0) is 18.6. The van der Waals surface area contributed by atoms with Crippen molar-refractivity contribution in [1.82, 2.24) is 4.90 Å². The van der Waals surface area contributed by atoms with Crippen molar-refractivity contribution in [2.45, 2.75) is 24.1 Å². The van der Waals surface area contributed by atoms with E-state index in [1.807, 2.05) is 25.1 Å². The smallest absolute Gasteiger partial charge is 0.178 e. The molecule has 1 N–H and O–H groups in total. The molecule has 4 aliphatic rings. The van der Waals surface area contributed by atoms with Crippen LogP contribution in [-0.4, -0.2) is 40.2 Å². The highest BCUT2D eigenvalue weighted by atomic mass is 32.2. The standard InChI is InChI=1S/C19H18N4O2S2/c1-11-8-15(23-6-7-26-18(23)20-11)19-10-16(19)27-17(22-19)21-13-9-12(24-2)4-5-14(13)25-3/h4-7,9,16H,10H2,1-3H3,(H,21,22). The molecule has 1 saturated carbocycles. The Morgan fingerprint density at radius 1 is 1.33 bits per heavy atom. The van der Waals surface area contributed by atoms with Crippen molar-refractivity contribution >= 4 is 39.5 Å². The van der Waals surface area contributed by atoms with E-state index >= 15 is 0 Å². The average molecular weight is 399 g/mol. The molecule has 0 bridgehead atoms. The van der Waals surface area contributed by atoms with Gasteiger partial charge in [-0.3, -0.25) is 4.90 Å². The Labute approximate surface area is 166 Å². The Balaban J connectivity index is 1.46. The molecule has 138 valence electrons. The molecule has 2 unspecified atom stereocenters. The van der Waals surface area contributed by atoms with Crippen molar-refractivity contribution in [2.24, 2.45) is 9.98 Å². The highest BCUT2D eigenvalue weighted by molar-refractivity contribution is 8.16. The number of hydrogen-bond acceptors (Lipinski definition) is 8. The van der Waals surface area contributed by atoms with Crippen molar-refractivity contribution in [3.05, 3.63) is 46.9 Å². The second kappa shape index (κ2) is 6.12. The molecule has 0 spiro atoms. The van der Waals surface area contributed by atoms with Gasteiger partial charge in [-0.15, -0.1) is 0 Å². The lowest BCUT2D eigenvalue weighted by Crippen LogP contribution is -2.30. The summed E-state index contributed by atoms with van der Waals surface area (Å²) in [6.07, 6.45) is 3.08. The van der Waals surface area contributed by atoms with Gasteiger partial charge in [-0.25, -0.2) is 9.98 Å². The van der Waals surface area contributed by atoms with Gasteiger partial charge in [0.25, 0.3) is 0 Å². The molecular weight excluding hydrogens is 380 g/mol. The van der Waals surface area contributed by atoms with E-state index in [1.54, 1.807) is 37.7 Å². The summed E-state index contributed by atoms with van der Waals surface area (Å²) in [6.45, 7) is 1.99. The predicted molar refractivity (Wildman–Crippen MR) is 112 cm³/mol. The second-order valence-corrected chi connectivity index (χ2v) is 8.63. The fourth-order valence-corrected chi connectivity index (χ4v) is 5.56. The number of anilines is 1. The normalized spacial score (nSPS) is 27.2. The van der Waals surface area contributed by atoms with Gasteiger partial charge in [0.15, 0.2) is 10.3 Å².